The maximum Gasteiger partial charge on any atom is 0.0799 e. The Hall–Kier alpha value is -0.240. The lowest BCUT2D eigenvalue weighted by molar-refractivity contribution is -0.00865. The average molecular weight is 348 g/mol. The predicted molar refractivity (Wildman–Crippen MR) is 91.4 cm³/mol. The molecule has 0 heterocycles. The fourth-order valence-electron chi connectivity index (χ4n) is 3.29. The van der Waals surface area contributed by atoms with Gasteiger partial charge < -0.3 is 30.6 Å². The van der Waals surface area contributed by atoms with Crippen molar-refractivity contribution in [3.05, 3.63) is 0 Å². The second-order valence-corrected chi connectivity index (χ2v) is 7.36. The van der Waals surface area contributed by atoms with E-state index in [1.165, 1.54) is 0 Å². The van der Waals surface area contributed by atoms with Gasteiger partial charge in [-0.25, -0.2) is 0 Å². The third-order valence-electron chi connectivity index (χ3n) is 4.98. The van der Waals surface area contributed by atoms with Gasteiger partial charge >= 0.3 is 0 Å². The van der Waals surface area contributed by atoms with Crippen molar-refractivity contribution in [2.24, 2.45) is 0 Å². The molecule has 3 aliphatic carbocycles. The van der Waals surface area contributed by atoms with Crippen molar-refractivity contribution in [1.29, 1.82) is 0 Å². The van der Waals surface area contributed by atoms with Crippen molar-refractivity contribution < 1.29 is 30.6 Å². The molecule has 0 aromatic carbocycles. The second-order valence-electron chi connectivity index (χ2n) is 7.36. The first kappa shape index (κ1) is 21.8. The number of rotatable bonds is 0. The van der Waals surface area contributed by atoms with E-state index in [1.807, 2.05) is 0 Å². The minimum Gasteiger partial charge on any atom is -0.393 e. The molecule has 4 unspecified atom stereocenters. The van der Waals surface area contributed by atoms with E-state index in [4.69, 9.17) is 30.6 Å². The van der Waals surface area contributed by atoms with Gasteiger partial charge in [0.1, 0.15) is 0 Å². The van der Waals surface area contributed by atoms with Gasteiger partial charge in [-0.05, 0) is 64.2 Å². The zero-order valence-electron chi connectivity index (χ0n) is 14.6. The molecular weight excluding hydrogens is 312 g/mol. The fraction of sp³-hybridized carbons (Fsp3) is 1.00. The molecule has 4 atom stereocenters. The van der Waals surface area contributed by atoms with Crippen LogP contribution >= 0.6 is 0 Å². The molecule has 6 nitrogen and oxygen atoms in total. The summed E-state index contributed by atoms with van der Waals surface area (Å²) >= 11 is 0. The Bertz CT molecular complexity index is 278. The first-order chi connectivity index (χ1) is 11.4. The van der Waals surface area contributed by atoms with Crippen molar-refractivity contribution in [3.8, 4) is 0 Å². The first-order valence-corrected chi connectivity index (χ1v) is 9.47. The number of aliphatic hydroxyl groups is 6. The lowest BCUT2D eigenvalue weighted by atomic mass is 9.95. The summed E-state index contributed by atoms with van der Waals surface area (Å²) < 4.78 is 0. The summed E-state index contributed by atoms with van der Waals surface area (Å²) in [6.45, 7) is 0. The molecule has 0 radical (unpaired) electrons. The quantitative estimate of drug-likeness (QED) is 0.386. The van der Waals surface area contributed by atoms with Crippen LogP contribution in [0.25, 0.3) is 0 Å². The molecule has 144 valence electrons. The van der Waals surface area contributed by atoms with Gasteiger partial charge in [0.05, 0.1) is 36.6 Å². The van der Waals surface area contributed by atoms with Gasteiger partial charge in [0.2, 0.25) is 0 Å². The summed E-state index contributed by atoms with van der Waals surface area (Å²) in [5.41, 5.74) is 0. The maximum atomic E-state index is 8.93. The molecule has 6 N–H and O–H groups in total. The van der Waals surface area contributed by atoms with Gasteiger partial charge in [-0.3, -0.25) is 0 Å². The Balaban J connectivity index is 0.000000180. The summed E-state index contributed by atoms with van der Waals surface area (Å²) in [6.07, 6.45) is 8.47. The molecule has 0 aromatic heterocycles. The van der Waals surface area contributed by atoms with Crippen LogP contribution in [0.2, 0.25) is 0 Å². The third-order valence-corrected chi connectivity index (χ3v) is 4.98. The maximum absolute atomic E-state index is 8.93. The highest BCUT2D eigenvalue weighted by Gasteiger charge is 2.19. The van der Waals surface area contributed by atoms with Crippen molar-refractivity contribution in [2.45, 2.75) is 114 Å². The molecule has 3 rings (SSSR count). The summed E-state index contributed by atoms with van der Waals surface area (Å²) in [7, 11) is 0. The average Bonchev–Trinajstić information content (AvgIpc) is 2.54. The topological polar surface area (TPSA) is 121 Å². The van der Waals surface area contributed by atoms with E-state index in [0.29, 0.717) is 6.42 Å². The van der Waals surface area contributed by atoms with Crippen LogP contribution in [0.1, 0.15) is 77.0 Å². The number of hydrogen-bond acceptors (Lipinski definition) is 6. The van der Waals surface area contributed by atoms with Gasteiger partial charge in [-0.15, -0.1) is 0 Å². The third kappa shape index (κ3) is 9.91. The van der Waals surface area contributed by atoms with Gasteiger partial charge in [-0.2, -0.15) is 0 Å². The Labute approximate surface area is 145 Å². The molecule has 24 heavy (non-hydrogen) atoms. The minimum absolute atomic E-state index is 0.140. The van der Waals surface area contributed by atoms with Crippen LogP contribution < -0.4 is 0 Å². The molecule has 3 saturated carbocycles. The largest absolute Gasteiger partial charge is 0.393 e. The number of hydrogen-bond donors (Lipinski definition) is 6. The van der Waals surface area contributed by atoms with Crippen molar-refractivity contribution in [2.75, 3.05) is 0 Å². The van der Waals surface area contributed by atoms with Crippen LogP contribution in [0.3, 0.4) is 0 Å². The molecule has 3 fully saturated rings. The first-order valence-electron chi connectivity index (χ1n) is 9.47. The van der Waals surface area contributed by atoms with Gasteiger partial charge in [-0.1, -0.05) is 12.8 Å². The number of aliphatic hydroxyl groups excluding tert-OH is 6. The molecule has 0 amide bonds. The smallest absolute Gasteiger partial charge is 0.0799 e. The van der Waals surface area contributed by atoms with Gasteiger partial charge in [0.25, 0.3) is 0 Å². The van der Waals surface area contributed by atoms with Crippen LogP contribution in [0, 0.1) is 0 Å². The highest BCUT2D eigenvalue weighted by molar-refractivity contribution is 4.72. The molecular formula is C18H36O6. The summed E-state index contributed by atoms with van der Waals surface area (Å²) in [6, 6.07) is 0. The van der Waals surface area contributed by atoms with E-state index in [-0.39, 0.29) is 24.4 Å². The molecule has 0 bridgehead atoms. The summed E-state index contributed by atoms with van der Waals surface area (Å²) in [5, 5.41) is 53.5. The monoisotopic (exact) mass is 348 g/mol. The SMILES string of the molecule is OC1CCC(O)CC1.OC1CCCC(O)C1.OC1CCCCC1O. The van der Waals surface area contributed by atoms with Crippen molar-refractivity contribution in [1.82, 2.24) is 0 Å². The van der Waals surface area contributed by atoms with Crippen molar-refractivity contribution in [3.63, 3.8) is 0 Å². The van der Waals surface area contributed by atoms with Gasteiger partial charge in [0.15, 0.2) is 0 Å². The zero-order valence-corrected chi connectivity index (χ0v) is 14.6. The molecule has 0 aliphatic heterocycles. The predicted octanol–water partition coefficient (Wildman–Crippen LogP) is 0.847. The Morgan fingerprint density at radius 2 is 0.750 bits per heavy atom. The summed E-state index contributed by atoms with van der Waals surface area (Å²) in [4.78, 5) is 0. The Morgan fingerprint density at radius 1 is 0.375 bits per heavy atom. The second kappa shape index (κ2) is 12.2. The normalized spacial score (nSPS) is 39.8. The highest BCUT2D eigenvalue weighted by Crippen LogP contribution is 2.18. The fourth-order valence-corrected chi connectivity index (χ4v) is 3.29. The zero-order chi connectivity index (χ0) is 17.9. The van der Waals surface area contributed by atoms with Crippen molar-refractivity contribution >= 4 is 0 Å². The molecule has 0 saturated heterocycles. The van der Waals surface area contributed by atoms with Crippen LogP contribution in [-0.4, -0.2) is 67.3 Å². The molecule has 0 aromatic rings. The molecule has 6 heteroatoms. The summed E-state index contributed by atoms with van der Waals surface area (Å²) in [5.74, 6) is 0. The highest BCUT2D eigenvalue weighted by atomic mass is 16.3. The van der Waals surface area contributed by atoms with Crippen LogP contribution in [0.5, 0.6) is 0 Å². The van der Waals surface area contributed by atoms with E-state index in [2.05, 4.69) is 0 Å². The van der Waals surface area contributed by atoms with E-state index < -0.39 is 12.2 Å². The standard InChI is InChI=1S/3C6H12O2/c7-5-1-2-6(8)4-3-5;7-5-2-1-3-6(8)4-5;7-5-3-1-2-4-6(5)8/h3*5-8H,1-4H2. The minimum atomic E-state index is -0.441. The van der Waals surface area contributed by atoms with E-state index in [1.54, 1.807) is 0 Å². The van der Waals surface area contributed by atoms with Gasteiger partial charge in [0, 0.05) is 0 Å². The van der Waals surface area contributed by atoms with Crippen LogP contribution in [0.4, 0.5) is 0 Å². The molecule has 3 aliphatic rings. The Morgan fingerprint density at radius 3 is 1.00 bits per heavy atom. The van der Waals surface area contributed by atoms with E-state index >= 15 is 0 Å². The lowest BCUT2D eigenvalue weighted by Gasteiger charge is -2.22. The lowest BCUT2D eigenvalue weighted by Crippen LogP contribution is -2.28. The van der Waals surface area contributed by atoms with E-state index in [0.717, 1.165) is 70.6 Å². The van der Waals surface area contributed by atoms with Crippen LogP contribution in [0.15, 0.2) is 0 Å². The van der Waals surface area contributed by atoms with E-state index in [9.17, 15) is 0 Å². The Kier molecular flexibility index (Phi) is 11.1. The van der Waals surface area contributed by atoms with Crippen LogP contribution in [-0.2, 0) is 0 Å². The molecule has 0 spiro atoms.